The first-order valence-electron chi connectivity index (χ1n) is 6.75. The summed E-state index contributed by atoms with van der Waals surface area (Å²) in [5, 5.41) is 1.24. The van der Waals surface area contributed by atoms with Crippen LogP contribution in [0, 0.1) is 0 Å². The van der Waals surface area contributed by atoms with Gasteiger partial charge in [0, 0.05) is 0 Å². The molecule has 0 bridgehead atoms. The molecule has 2 aliphatic heterocycles. The maximum atomic E-state index is 2.48. The summed E-state index contributed by atoms with van der Waals surface area (Å²) in [6, 6.07) is 0. The van der Waals surface area contributed by atoms with Crippen LogP contribution in [0.4, 0.5) is 0 Å². The van der Waals surface area contributed by atoms with Gasteiger partial charge in [-0.05, 0) is 46.8 Å². The molecular weight excluding hydrogens is 230 g/mol. The van der Waals surface area contributed by atoms with E-state index in [1.54, 1.807) is 25.2 Å². The summed E-state index contributed by atoms with van der Waals surface area (Å²) in [5.41, 5.74) is 2.29. The molecule has 0 aromatic heterocycles. The highest BCUT2D eigenvalue weighted by Crippen LogP contribution is 2.73. The van der Waals surface area contributed by atoms with E-state index in [1.165, 1.54) is 0 Å². The maximum Gasteiger partial charge on any atom is -0.0133 e. The van der Waals surface area contributed by atoms with Crippen molar-refractivity contribution in [2.24, 2.45) is 0 Å². The molecule has 0 radical (unpaired) electrons. The van der Waals surface area contributed by atoms with Crippen molar-refractivity contribution in [3.63, 3.8) is 0 Å². The van der Waals surface area contributed by atoms with Gasteiger partial charge in [0.1, 0.15) is 0 Å². The van der Waals surface area contributed by atoms with Gasteiger partial charge in [-0.3, -0.25) is 0 Å². The van der Waals surface area contributed by atoms with Crippen molar-refractivity contribution in [1.82, 2.24) is 0 Å². The zero-order chi connectivity index (χ0) is 12.1. The highest BCUT2D eigenvalue weighted by Gasteiger charge is 2.50. The average Bonchev–Trinajstić information content (AvgIpc) is 1.87. The van der Waals surface area contributed by atoms with Crippen LogP contribution in [0.2, 0.25) is 0 Å². The number of hydrogen-bond acceptors (Lipinski definition) is 0. The lowest BCUT2D eigenvalue weighted by Gasteiger charge is -2.57. The lowest BCUT2D eigenvalue weighted by Crippen LogP contribution is -2.45. The molecule has 2 heteroatoms. The number of rotatable bonds is 1. The molecule has 0 unspecified atom stereocenters. The molecule has 0 aliphatic carbocycles. The van der Waals surface area contributed by atoms with E-state index in [0.717, 1.165) is 11.3 Å². The molecule has 0 saturated carbocycles. The molecule has 0 spiro atoms. The van der Waals surface area contributed by atoms with E-state index in [9.17, 15) is 0 Å². The second-order valence-electron chi connectivity index (χ2n) is 7.44. The fourth-order valence-electron chi connectivity index (χ4n) is 3.28. The van der Waals surface area contributed by atoms with Gasteiger partial charge in [-0.25, -0.2) is 0 Å². The Hall–Kier alpha value is 0.860. The lowest BCUT2D eigenvalue weighted by atomic mass is 10.1. The van der Waals surface area contributed by atoms with Crippen molar-refractivity contribution < 1.29 is 0 Å². The molecule has 2 aliphatic rings. The predicted octanol–water partition coefficient (Wildman–Crippen LogP) is 5.09. The Morgan fingerprint density at radius 3 is 1.12 bits per heavy atom. The third-order valence-corrected chi connectivity index (χ3v) is 12.3. The van der Waals surface area contributed by atoms with E-state index in [0.29, 0.717) is 26.2 Å². The van der Waals surface area contributed by atoms with E-state index in [-0.39, 0.29) is 0 Å². The summed E-state index contributed by atoms with van der Waals surface area (Å²) in [4.78, 5) is 0. The van der Waals surface area contributed by atoms with E-state index in [2.05, 4.69) is 41.5 Å². The van der Waals surface area contributed by atoms with Gasteiger partial charge in [-0.15, -0.1) is 0 Å². The Morgan fingerprint density at radius 1 is 0.688 bits per heavy atom. The Morgan fingerprint density at radius 2 is 1.00 bits per heavy atom. The molecule has 2 saturated heterocycles. The summed E-state index contributed by atoms with van der Waals surface area (Å²) in [7, 11) is 0.692. The Labute approximate surface area is 104 Å². The fourth-order valence-corrected chi connectivity index (χ4v) is 10.3. The first-order chi connectivity index (χ1) is 7.21. The summed E-state index contributed by atoms with van der Waals surface area (Å²) in [6.45, 7) is 14.9. The monoisotopic (exact) mass is 258 g/mol. The minimum absolute atomic E-state index is 0.346. The third-order valence-electron chi connectivity index (χ3n) is 4.30. The molecule has 16 heavy (non-hydrogen) atoms. The van der Waals surface area contributed by atoms with E-state index in [1.807, 2.05) is 0 Å². The van der Waals surface area contributed by atoms with Crippen molar-refractivity contribution in [3.05, 3.63) is 0 Å². The minimum atomic E-state index is 0.346. The quantitative estimate of drug-likeness (QED) is 0.574. The minimum Gasteiger partial charge on any atom is -0.0973 e. The van der Waals surface area contributed by atoms with E-state index < -0.39 is 0 Å². The maximum absolute atomic E-state index is 2.48. The van der Waals surface area contributed by atoms with Crippen LogP contribution in [0.15, 0.2) is 0 Å². The van der Waals surface area contributed by atoms with E-state index >= 15 is 0 Å². The average molecular weight is 258 g/mol. The highest BCUT2D eigenvalue weighted by atomic mass is 31.1. The van der Waals surface area contributed by atoms with Crippen LogP contribution in [0.25, 0.3) is 0 Å². The molecule has 0 N–H and O–H groups in total. The van der Waals surface area contributed by atoms with Crippen molar-refractivity contribution in [2.45, 2.75) is 76.0 Å². The molecule has 2 rings (SSSR count). The topological polar surface area (TPSA) is 0 Å². The van der Waals surface area contributed by atoms with Crippen LogP contribution in [0.3, 0.4) is 0 Å². The molecule has 2 heterocycles. The molecule has 4 atom stereocenters. The van der Waals surface area contributed by atoms with Crippen LogP contribution in [-0.4, -0.2) is 34.0 Å². The molecule has 2 fully saturated rings. The van der Waals surface area contributed by atoms with Gasteiger partial charge in [-0.2, -0.15) is 0 Å². The van der Waals surface area contributed by atoms with Gasteiger partial charge in [0.25, 0.3) is 0 Å². The normalized spacial score (nSPS) is 40.1. The predicted molar refractivity (Wildman–Crippen MR) is 79.9 cm³/mol. The van der Waals surface area contributed by atoms with Crippen LogP contribution in [0.1, 0.15) is 54.4 Å². The second kappa shape index (κ2) is 4.20. The Balaban J connectivity index is 2.00. The van der Waals surface area contributed by atoms with E-state index in [4.69, 9.17) is 0 Å². The Kier molecular flexibility index (Phi) is 3.49. The van der Waals surface area contributed by atoms with Crippen molar-refractivity contribution in [3.8, 4) is 0 Å². The van der Waals surface area contributed by atoms with Gasteiger partial charge in [0.2, 0.25) is 0 Å². The standard InChI is InChI=1S/C14H28P2/c1-13(2,3)15-9-7-11(15)12-8-10-16(12)14(4,5)6/h11-12H,7-10H2,1-6H3/t11-,12-,15-,16-/m1/s1. The number of hydrogen-bond donors (Lipinski definition) is 0. The van der Waals surface area contributed by atoms with Crippen molar-refractivity contribution in [1.29, 1.82) is 0 Å². The third kappa shape index (κ3) is 2.35. The molecule has 94 valence electrons. The highest BCUT2D eigenvalue weighted by molar-refractivity contribution is 7.66. The molecule has 0 amide bonds. The molecular formula is C14H28P2. The fraction of sp³-hybridized carbons (Fsp3) is 1.00. The summed E-state index contributed by atoms with van der Waals surface area (Å²) >= 11 is 0. The summed E-state index contributed by atoms with van der Waals surface area (Å²) in [5.74, 6) is 0. The van der Waals surface area contributed by atoms with Crippen molar-refractivity contribution in [2.75, 3.05) is 12.3 Å². The van der Waals surface area contributed by atoms with Crippen LogP contribution in [-0.2, 0) is 0 Å². The van der Waals surface area contributed by atoms with Gasteiger partial charge < -0.3 is 0 Å². The first-order valence-corrected chi connectivity index (χ1v) is 9.94. The molecule has 0 aromatic rings. The van der Waals surface area contributed by atoms with Crippen LogP contribution >= 0.6 is 15.8 Å². The second-order valence-corrected chi connectivity index (χ2v) is 14.2. The zero-order valence-corrected chi connectivity index (χ0v) is 13.7. The summed E-state index contributed by atoms with van der Waals surface area (Å²) in [6.07, 6.45) is 6.24. The van der Waals surface area contributed by atoms with Gasteiger partial charge in [0.15, 0.2) is 0 Å². The van der Waals surface area contributed by atoms with Gasteiger partial charge in [0.05, 0.1) is 0 Å². The molecule has 0 aromatic carbocycles. The molecule has 0 nitrogen and oxygen atoms in total. The first kappa shape index (κ1) is 13.3. The van der Waals surface area contributed by atoms with Crippen LogP contribution < -0.4 is 0 Å². The van der Waals surface area contributed by atoms with Crippen LogP contribution in [0.5, 0.6) is 0 Å². The van der Waals surface area contributed by atoms with Crippen molar-refractivity contribution >= 4 is 15.8 Å². The zero-order valence-electron chi connectivity index (χ0n) is 11.9. The smallest absolute Gasteiger partial charge is 0.0133 e. The summed E-state index contributed by atoms with van der Waals surface area (Å²) < 4.78 is 0. The van der Waals surface area contributed by atoms with Gasteiger partial charge in [-0.1, -0.05) is 57.4 Å². The lowest BCUT2D eigenvalue weighted by molar-refractivity contribution is 0.597. The van der Waals surface area contributed by atoms with Gasteiger partial charge >= 0.3 is 0 Å². The largest absolute Gasteiger partial charge is 0.0973 e. The Bertz CT molecular complexity index is 231. The SMILES string of the molecule is CC(C)(C)[P@]1CC[C@@H]1[C@H]1CC[P@@]1C(C)(C)C.